The molecule has 1 aliphatic carbocycles. The van der Waals surface area contributed by atoms with Crippen LogP contribution in [0.4, 0.5) is 0 Å². The minimum absolute atomic E-state index is 0.528. The third-order valence-electron chi connectivity index (χ3n) is 3.46. The van der Waals surface area contributed by atoms with Crippen LogP contribution in [0.1, 0.15) is 24.4 Å². The largest absolute Gasteiger partial charge is 0.382 e. The second-order valence-corrected chi connectivity index (χ2v) is 4.89. The average Bonchev–Trinajstić information content (AvgIpc) is 3.10. The molecule has 0 amide bonds. The molecule has 18 heavy (non-hydrogen) atoms. The highest BCUT2D eigenvalue weighted by Gasteiger charge is 2.31. The molecule has 2 rings (SSSR count). The van der Waals surface area contributed by atoms with Crippen LogP contribution in [0.25, 0.3) is 0 Å². The van der Waals surface area contributed by atoms with Crippen LogP contribution in [0.3, 0.4) is 0 Å². The summed E-state index contributed by atoms with van der Waals surface area (Å²) in [5.41, 5.74) is 1.40. The van der Waals surface area contributed by atoms with Crippen LogP contribution in [0.2, 0.25) is 0 Å². The van der Waals surface area contributed by atoms with Crippen molar-refractivity contribution < 1.29 is 9.47 Å². The predicted octanol–water partition coefficient (Wildman–Crippen LogP) is 1.82. The van der Waals surface area contributed by atoms with Gasteiger partial charge in [0.05, 0.1) is 19.8 Å². The van der Waals surface area contributed by atoms with Crippen molar-refractivity contribution in [2.45, 2.75) is 25.4 Å². The molecule has 4 heteroatoms. The van der Waals surface area contributed by atoms with Crippen LogP contribution in [-0.4, -0.2) is 38.5 Å². The van der Waals surface area contributed by atoms with E-state index in [1.165, 1.54) is 18.4 Å². The average molecular weight is 252 g/mol. The van der Waals surface area contributed by atoms with E-state index in [-0.39, 0.29) is 0 Å². The fraction of sp³-hybridized carbons (Fsp3) is 0.714. The van der Waals surface area contributed by atoms with Crippen LogP contribution in [0, 0.1) is 5.92 Å². The Morgan fingerprint density at radius 2 is 2.22 bits per heavy atom. The van der Waals surface area contributed by atoms with Gasteiger partial charge in [0.1, 0.15) is 0 Å². The van der Waals surface area contributed by atoms with Crippen LogP contribution in [0.15, 0.2) is 18.5 Å². The van der Waals surface area contributed by atoms with Crippen LogP contribution >= 0.6 is 0 Å². The lowest BCUT2D eigenvalue weighted by Gasteiger charge is -2.13. The van der Waals surface area contributed by atoms with Crippen molar-refractivity contribution in [2.24, 2.45) is 5.92 Å². The van der Waals surface area contributed by atoms with Crippen LogP contribution < -0.4 is 5.32 Å². The standard InChI is InChI=1S/C14H24N2O2/c1-15-14(12-3-4-12)13-5-6-16(11-13)7-8-18-10-9-17-2/h5-6,11-12,14-15H,3-4,7-10H2,1-2H3. The number of nitrogens with one attached hydrogen (secondary N) is 1. The molecule has 0 saturated heterocycles. The van der Waals surface area contributed by atoms with E-state index in [1.54, 1.807) is 7.11 Å². The van der Waals surface area contributed by atoms with Gasteiger partial charge in [-0.05, 0) is 37.4 Å². The number of hydrogen-bond donors (Lipinski definition) is 1. The van der Waals surface area contributed by atoms with E-state index in [2.05, 4.69) is 28.3 Å². The molecule has 1 N–H and O–H groups in total. The van der Waals surface area contributed by atoms with Crippen molar-refractivity contribution in [3.8, 4) is 0 Å². The molecule has 1 unspecified atom stereocenters. The Labute approximate surface area is 109 Å². The number of nitrogens with zero attached hydrogens (tertiary/aromatic N) is 1. The zero-order valence-electron chi connectivity index (χ0n) is 11.4. The molecule has 0 spiro atoms. The normalized spacial score (nSPS) is 17.0. The van der Waals surface area contributed by atoms with Crippen molar-refractivity contribution in [1.29, 1.82) is 0 Å². The lowest BCUT2D eigenvalue weighted by Crippen LogP contribution is -2.17. The van der Waals surface area contributed by atoms with Gasteiger partial charge >= 0.3 is 0 Å². The highest BCUT2D eigenvalue weighted by molar-refractivity contribution is 5.18. The minimum Gasteiger partial charge on any atom is -0.382 e. The van der Waals surface area contributed by atoms with E-state index in [4.69, 9.17) is 9.47 Å². The molecule has 1 heterocycles. The molecule has 1 aromatic rings. The zero-order chi connectivity index (χ0) is 12.8. The van der Waals surface area contributed by atoms with E-state index in [0.29, 0.717) is 19.3 Å². The molecule has 1 fully saturated rings. The first-order valence-electron chi connectivity index (χ1n) is 6.74. The maximum atomic E-state index is 5.47. The first-order chi connectivity index (χ1) is 8.85. The quantitative estimate of drug-likeness (QED) is 0.681. The molecule has 0 aliphatic heterocycles. The Morgan fingerprint density at radius 3 is 2.89 bits per heavy atom. The van der Waals surface area contributed by atoms with Crippen molar-refractivity contribution in [1.82, 2.24) is 9.88 Å². The van der Waals surface area contributed by atoms with Crippen molar-refractivity contribution in [3.05, 3.63) is 24.0 Å². The number of methoxy groups -OCH3 is 1. The second kappa shape index (κ2) is 6.92. The smallest absolute Gasteiger partial charge is 0.0701 e. The molecule has 0 radical (unpaired) electrons. The Bertz CT molecular complexity index is 347. The molecule has 1 aliphatic rings. The maximum Gasteiger partial charge on any atom is 0.0701 e. The number of rotatable bonds is 9. The Hall–Kier alpha value is -0.840. The molecule has 4 nitrogen and oxygen atoms in total. The van der Waals surface area contributed by atoms with Crippen molar-refractivity contribution in [2.75, 3.05) is 34.0 Å². The fourth-order valence-electron chi connectivity index (χ4n) is 2.30. The first kappa shape index (κ1) is 13.6. The Kier molecular flexibility index (Phi) is 5.23. The van der Waals surface area contributed by atoms with E-state index in [0.717, 1.165) is 19.1 Å². The molecular formula is C14H24N2O2. The lowest BCUT2D eigenvalue weighted by atomic mass is 10.1. The van der Waals surface area contributed by atoms with E-state index < -0.39 is 0 Å². The van der Waals surface area contributed by atoms with Gasteiger partial charge in [-0.2, -0.15) is 0 Å². The maximum absolute atomic E-state index is 5.47. The van der Waals surface area contributed by atoms with Crippen molar-refractivity contribution >= 4 is 0 Å². The number of hydrogen-bond acceptors (Lipinski definition) is 3. The third kappa shape index (κ3) is 3.83. The van der Waals surface area contributed by atoms with Gasteiger partial charge < -0.3 is 19.4 Å². The highest BCUT2D eigenvalue weighted by atomic mass is 16.5. The van der Waals surface area contributed by atoms with Gasteiger partial charge in [0.25, 0.3) is 0 Å². The Balaban J connectivity index is 1.75. The molecule has 102 valence electrons. The lowest BCUT2D eigenvalue weighted by molar-refractivity contribution is 0.0666. The predicted molar refractivity (Wildman–Crippen MR) is 71.7 cm³/mol. The summed E-state index contributed by atoms with van der Waals surface area (Å²) in [5, 5.41) is 3.42. The first-order valence-corrected chi connectivity index (χ1v) is 6.74. The van der Waals surface area contributed by atoms with Gasteiger partial charge in [0.15, 0.2) is 0 Å². The molecule has 1 saturated carbocycles. The summed E-state index contributed by atoms with van der Waals surface area (Å²) in [6.07, 6.45) is 7.09. The van der Waals surface area contributed by atoms with E-state index in [9.17, 15) is 0 Å². The summed E-state index contributed by atoms with van der Waals surface area (Å²) < 4.78 is 12.6. The van der Waals surface area contributed by atoms with E-state index in [1.807, 2.05) is 7.05 Å². The number of ether oxygens (including phenoxy) is 2. The molecule has 1 atom stereocenters. The molecular weight excluding hydrogens is 228 g/mol. The summed E-state index contributed by atoms with van der Waals surface area (Å²) in [6.45, 7) is 2.99. The van der Waals surface area contributed by atoms with Crippen LogP contribution in [-0.2, 0) is 16.0 Å². The second-order valence-electron chi connectivity index (χ2n) is 4.89. The monoisotopic (exact) mass is 252 g/mol. The molecule has 1 aromatic heterocycles. The summed E-state index contributed by atoms with van der Waals surface area (Å²) >= 11 is 0. The van der Waals surface area contributed by atoms with Gasteiger partial charge in [-0.1, -0.05) is 0 Å². The summed E-state index contributed by atoms with van der Waals surface area (Å²) in [6, 6.07) is 2.75. The fourth-order valence-corrected chi connectivity index (χ4v) is 2.30. The van der Waals surface area contributed by atoms with Gasteiger partial charge in [0, 0.05) is 32.1 Å². The van der Waals surface area contributed by atoms with Gasteiger partial charge in [0.2, 0.25) is 0 Å². The van der Waals surface area contributed by atoms with Gasteiger partial charge in [-0.25, -0.2) is 0 Å². The molecule has 0 aromatic carbocycles. The Morgan fingerprint density at radius 1 is 1.39 bits per heavy atom. The van der Waals surface area contributed by atoms with Crippen LogP contribution in [0.5, 0.6) is 0 Å². The SMILES string of the molecule is CNC(c1ccn(CCOCCOC)c1)C1CC1. The van der Waals surface area contributed by atoms with Gasteiger partial charge in [-0.15, -0.1) is 0 Å². The van der Waals surface area contributed by atoms with Crippen molar-refractivity contribution in [3.63, 3.8) is 0 Å². The zero-order valence-corrected chi connectivity index (χ0v) is 11.4. The highest BCUT2D eigenvalue weighted by Crippen LogP contribution is 2.40. The summed E-state index contributed by atoms with van der Waals surface area (Å²) in [5.74, 6) is 0.837. The third-order valence-corrected chi connectivity index (χ3v) is 3.46. The summed E-state index contributed by atoms with van der Waals surface area (Å²) in [7, 11) is 3.74. The minimum atomic E-state index is 0.528. The summed E-state index contributed by atoms with van der Waals surface area (Å²) in [4.78, 5) is 0. The van der Waals surface area contributed by atoms with Gasteiger partial charge in [-0.3, -0.25) is 0 Å². The van der Waals surface area contributed by atoms with E-state index >= 15 is 0 Å². The topological polar surface area (TPSA) is 35.4 Å². The molecule has 0 bridgehead atoms. The number of aromatic nitrogens is 1.